The zero-order chi connectivity index (χ0) is 35.4. The third kappa shape index (κ3) is 13.5. The minimum absolute atomic E-state index is 0.0218. The van der Waals surface area contributed by atoms with E-state index in [1.165, 1.54) is 19.1 Å². The average molecular weight is 683 g/mol. The second kappa shape index (κ2) is 18.9. The maximum absolute atomic E-state index is 13.2. The predicted molar refractivity (Wildman–Crippen MR) is 178 cm³/mol. The number of aliphatic hydroxyl groups excluding tert-OH is 2. The van der Waals surface area contributed by atoms with Gasteiger partial charge in [0, 0.05) is 30.3 Å². The molecule has 4 N–H and O–H groups in total. The molecule has 0 aromatic carbocycles. The van der Waals surface area contributed by atoms with Gasteiger partial charge in [-0.2, -0.15) is 8.42 Å². The van der Waals surface area contributed by atoms with Crippen LogP contribution in [0.5, 0.6) is 0 Å². The van der Waals surface area contributed by atoms with E-state index in [9.17, 15) is 37.9 Å². The Morgan fingerprint density at radius 2 is 1.68 bits per heavy atom. The Labute approximate surface area is 280 Å². The third-order valence-corrected chi connectivity index (χ3v) is 9.22. The van der Waals surface area contributed by atoms with Gasteiger partial charge in [-0.15, -0.1) is 0 Å². The summed E-state index contributed by atoms with van der Waals surface area (Å²) >= 11 is 0. The molecule has 9 atom stereocenters. The number of hydrogen-bond acceptors (Lipinski definition) is 10. The van der Waals surface area contributed by atoms with Crippen molar-refractivity contribution < 1.29 is 51.5 Å². The summed E-state index contributed by atoms with van der Waals surface area (Å²) in [4.78, 5) is 25.8. The molecule has 0 saturated carbocycles. The van der Waals surface area contributed by atoms with E-state index >= 15 is 0 Å². The van der Waals surface area contributed by atoms with Crippen LogP contribution in [0.3, 0.4) is 0 Å². The zero-order valence-corrected chi connectivity index (χ0v) is 29.2. The molecule has 0 aromatic heterocycles. The van der Waals surface area contributed by atoms with E-state index in [2.05, 4.69) is 0 Å². The van der Waals surface area contributed by atoms with Crippen molar-refractivity contribution >= 4 is 22.2 Å². The first-order valence-electron chi connectivity index (χ1n) is 16.5. The summed E-state index contributed by atoms with van der Waals surface area (Å²) in [5.41, 5.74) is 0.755. The molecule has 0 radical (unpaired) electrons. The lowest BCUT2D eigenvalue weighted by Crippen LogP contribution is -2.64. The summed E-state index contributed by atoms with van der Waals surface area (Å²) in [6.07, 6.45) is 12.0. The number of rotatable bonds is 4. The molecule has 2 aliphatic rings. The average Bonchev–Trinajstić information content (AvgIpc) is 2.98. The number of ketones is 1. The van der Waals surface area contributed by atoms with Crippen molar-refractivity contribution in [3.05, 3.63) is 60.3 Å². The number of esters is 1. The standard InChI is InChI=1S/C35H54O11S/c1-23(2)20-31-25(4)21-24(3)18-19-28(36)26(5)32-22-29(37)27(6)35(40,45-32)34(39)30(46-47(41,42)43)16-14-12-10-8-7-9-11-13-15-17-33(38)44-31/h7,9,11,13,15,17-19,21,23,25-27,29-32,34,37,39-40H,8,10,12,14,16,20,22H2,1-6H3,(H,41,42,43)/b9-7+,13-11+,17-15+,19-18+,24-21+/t25-,26+,27-,29+,30-,31?,32+,34+,35-/m1/s1. The Kier molecular flexibility index (Phi) is 16.4. The van der Waals surface area contributed by atoms with E-state index in [0.717, 1.165) is 12.0 Å². The highest BCUT2D eigenvalue weighted by Crippen LogP contribution is 2.40. The van der Waals surface area contributed by atoms with E-state index in [-0.39, 0.29) is 36.6 Å². The molecule has 0 aromatic rings. The van der Waals surface area contributed by atoms with Gasteiger partial charge in [0.2, 0.25) is 0 Å². The Hall–Kier alpha value is -2.45. The largest absolute Gasteiger partial charge is 0.459 e. The van der Waals surface area contributed by atoms with Gasteiger partial charge in [0.25, 0.3) is 0 Å². The fourth-order valence-corrected chi connectivity index (χ4v) is 6.33. The van der Waals surface area contributed by atoms with E-state index in [0.29, 0.717) is 25.7 Å². The van der Waals surface area contributed by atoms with Gasteiger partial charge < -0.3 is 24.8 Å². The summed E-state index contributed by atoms with van der Waals surface area (Å²) in [5.74, 6) is -5.13. The third-order valence-electron chi connectivity index (χ3n) is 8.73. The summed E-state index contributed by atoms with van der Waals surface area (Å²) in [5, 5.41) is 33.7. The molecule has 266 valence electrons. The van der Waals surface area contributed by atoms with Crippen LogP contribution in [0.15, 0.2) is 60.3 Å². The van der Waals surface area contributed by atoms with Gasteiger partial charge in [-0.25, -0.2) is 8.98 Å². The monoisotopic (exact) mass is 682 g/mol. The molecule has 1 saturated heterocycles. The lowest BCUT2D eigenvalue weighted by molar-refractivity contribution is -0.350. The van der Waals surface area contributed by atoms with E-state index in [1.807, 2.05) is 45.9 Å². The minimum Gasteiger partial charge on any atom is -0.459 e. The molecule has 1 unspecified atom stereocenters. The number of ether oxygens (including phenoxy) is 2. The number of aliphatic hydroxyl groups is 3. The molecule has 2 rings (SSSR count). The number of carbonyl (C=O) groups is 2. The van der Waals surface area contributed by atoms with Crippen molar-refractivity contribution in [3.8, 4) is 0 Å². The highest BCUT2D eigenvalue weighted by molar-refractivity contribution is 7.80. The van der Waals surface area contributed by atoms with Crippen LogP contribution in [0, 0.1) is 23.7 Å². The van der Waals surface area contributed by atoms with Crippen LogP contribution in [-0.2, 0) is 33.6 Å². The van der Waals surface area contributed by atoms with Crippen molar-refractivity contribution in [1.29, 1.82) is 0 Å². The van der Waals surface area contributed by atoms with Crippen LogP contribution >= 0.6 is 0 Å². The fraction of sp³-hybridized carbons (Fsp3) is 0.657. The predicted octanol–water partition coefficient (Wildman–Crippen LogP) is 4.94. The quantitative estimate of drug-likeness (QED) is 0.233. The number of carbonyl (C=O) groups excluding carboxylic acids is 2. The van der Waals surface area contributed by atoms with Crippen molar-refractivity contribution in [2.24, 2.45) is 23.7 Å². The molecule has 0 amide bonds. The summed E-state index contributed by atoms with van der Waals surface area (Å²) in [6, 6.07) is 0. The Morgan fingerprint density at radius 1 is 1.00 bits per heavy atom. The van der Waals surface area contributed by atoms with E-state index in [1.54, 1.807) is 31.2 Å². The van der Waals surface area contributed by atoms with Gasteiger partial charge in [-0.05, 0) is 44.6 Å². The number of cyclic esters (lactones) is 1. The maximum atomic E-state index is 13.2. The van der Waals surface area contributed by atoms with Crippen LogP contribution in [0.25, 0.3) is 0 Å². The van der Waals surface area contributed by atoms with Gasteiger partial charge >= 0.3 is 16.4 Å². The lowest BCUT2D eigenvalue weighted by atomic mass is 9.79. The van der Waals surface area contributed by atoms with Gasteiger partial charge in [0.15, 0.2) is 11.6 Å². The lowest BCUT2D eigenvalue weighted by Gasteiger charge is -2.49. The molecule has 2 aliphatic heterocycles. The second-order valence-electron chi connectivity index (χ2n) is 13.2. The van der Waals surface area contributed by atoms with Gasteiger partial charge in [0.1, 0.15) is 18.3 Å². The SMILES string of the molecule is CC1=C\[C@@H](C)C(CC(C)C)OC(=O)/C=C/C=C/C=C/CCCCC[C@@H](OS(=O)(=O)O)[C@H](O)[C@]2(O)O[C@@H](C[C@H](O)[C@H]2C)[C@@H](C)C(=O)\C=C\1. The zero-order valence-electron chi connectivity index (χ0n) is 28.4. The molecule has 47 heavy (non-hydrogen) atoms. The van der Waals surface area contributed by atoms with Crippen LogP contribution in [-0.4, -0.2) is 76.3 Å². The first-order valence-corrected chi connectivity index (χ1v) is 17.8. The van der Waals surface area contributed by atoms with Crippen LogP contribution in [0.1, 0.15) is 86.5 Å². The molecule has 12 heteroatoms. The van der Waals surface area contributed by atoms with Crippen LogP contribution in [0.4, 0.5) is 0 Å². The molecular formula is C35H54O11S. The first-order chi connectivity index (χ1) is 21.9. The molecule has 2 bridgehead atoms. The molecule has 0 aliphatic carbocycles. The Balaban J connectivity index is 2.42. The van der Waals surface area contributed by atoms with E-state index < -0.39 is 58.4 Å². The topological polar surface area (TPSA) is 177 Å². The van der Waals surface area contributed by atoms with E-state index in [4.69, 9.17) is 13.7 Å². The van der Waals surface area contributed by atoms with Gasteiger partial charge in [-0.3, -0.25) is 9.35 Å². The summed E-state index contributed by atoms with van der Waals surface area (Å²) in [7, 11) is -5.02. The highest BCUT2D eigenvalue weighted by atomic mass is 32.3. The highest BCUT2D eigenvalue weighted by Gasteiger charge is 2.55. The smallest absolute Gasteiger partial charge is 0.397 e. The molecule has 1 fully saturated rings. The van der Waals surface area contributed by atoms with Crippen LogP contribution < -0.4 is 0 Å². The Bertz CT molecular complexity index is 1280. The number of allylic oxidation sites excluding steroid dienone is 8. The second-order valence-corrected chi connectivity index (χ2v) is 14.3. The summed E-state index contributed by atoms with van der Waals surface area (Å²) < 4.78 is 49.2. The Morgan fingerprint density at radius 3 is 2.34 bits per heavy atom. The fourth-order valence-electron chi connectivity index (χ4n) is 5.81. The molecule has 2 heterocycles. The maximum Gasteiger partial charge on any atom is 0.397 e. The molecule has 11 nitrogen and oxygen atoms in total. The number of fused-ring (bicyclic) bond motifs is 2. The minimum atomic E-state index is -5.02. The van der Waals surface area contributed by atoms with Crippen molar-refractivity contribution in [2.75, 3.05) is 0 Å². The van der Waals surface area contributed by atoms with Crippen molar-refractivity contribution in [3.63, 3.8) is 0 Å². The first kappa shape index (κ1) is 40.7. The van der Waals surface area contributed by atoms with Crippen molar-refractivity contribution in [2.45, 2.75) is 123 Å². The summed E-state index contributed by atoms with van der Waals surface area (Å²) in [6.45, 7) is 10.9. The van der Waals surface area contributed by atoms with Crippen LogP contribution in [0.2, 0.25) is 0 Å². The van der Waals surface area contributed by atoms with Gasteiger partial charge in [0.05, 0.1) is 12.2 Å². The number of hydrogen-bond donors (Lipinski definition) is 4. The molecular weight excluding hydrogens is 628 g/mol. The van der Waals surface area contributed by atoms with Crippen molar-refractivity contribution in [1.82, 2.24) is 0 Å². The normalized spacial score (nSPS) is 38.5. The molecule has 0 spiro atoms. The van der Waals surface area contributed by atoms with Gasteiger partial charge in [-0.1, -0.05) is 95.6 Å².